The molecule has 2 fully saturated rings. The largest absolute Gasteiger partial charge is 0.508 e. The van der Waals surface area contributed by atoms with Gasteiger partial charge in [-0.3, -0.25) is 4.79 Å². The van der Waals surface area contributed by atoms with Crippen molar-refractivity contribution in [3.8, 4) is 5.75 Å². The molecule has 0 heterocycles. The van der Waals surface area contributed by atoms with Crippen molar-refractivity contribution < 1.29 is 9.90 Å². The van der Waals surface area contributed by atoms with E-state index < -0.39 is 0 Å². The van der Waals surface area contributed by atoms with Gasteiger partial charge in [-0.05, 0) is 97.4 Å². The molecule has 2 aromatic rings. The molecule has 2 heteroatoms. The summed E-state index contributed by atoms with van der Waals surface area (Å²) in [5.41, 5.74) is 5.14. The summed E-state index contributed by atoms with van der Waals surface area (Å²) in [6.45, 7) is 2.26. The fourth-order valence-corrected chi connectivity index (χ4v) is 6.75. The van der Waals surface area contributed by atoms with Crippen molar-refractivity contribution in [1.82, 2.24) is 0 Å². The summed E-state index contributed by atoms with van der Waals surface area (Å²) >= 11 is 0. The lowest BCUT2D eigenvalue weighted by Gasteiger charge is -2.53. The monoisotopic (exact) mass is 388 g/mol. The molecule has 0 spiro atoms. The van der Waals surface area contributed by atoms with Crippen molar-refractivity contribution >= 4 is 5.78 Å². The maximum atomic E-state index is 12.8. The topological polar surface area (TPSA) is 37.3 Å². The Hall–Kier alpha value is -2.09. The Kier molecular flexibility index (Phi) is 4.76. The van der Waals surface area contributed by atoms with Gasteiger partial charge in [0.25, 0.3) is 0 Å². The molecule has 0 bridgehead atoms. The Balaban J connectivity index is 1.42. The number of rotatable bonds is 3. The molecule has 3 aliphatic carbocycles. The number of hydrogen-bond donors (Lipinski definition) is 1. The number of phenolic OH excluding ortho intramolecular Hbond substituents is 1. The lowest BCUT2D eigenvalue weighted by Crippen LogP contribution is -2.49. The third kappa shape index (κ3) is 3.21. The maximum Gasteiger partial charge on any atom is 0.139 e. The van der Waals surface area contributed by atoms with Crippen molar-refractivity contribution in [1.29, 1.82) is 0 Å². The van der Waals surface area contributed by atoms with E-state index >= 15 is 0 Å². The van der Waals surface area contributed by atoms with Crippen LogP contribution in [0.15, 0.2) is 42.5 Å². The van der Waals surface area contributed by atoms with Gasteiger partial charge in [0.05, 0.1) is 0 Å². The van der Waals surface area contributed by atoms with Crippen molar-refractivity contribution in [2.75, 3.05) is 0 Å². The molecule has 0 aromatic heterocycles. The SMILES string of the molecule is C[C@]12CC[C@@H]3c4cc(CCc5ccccc5)c(O)cc4CC[C@H]3[C@@H]1CCCC2=O. The van der Waals surface area contributed by atoms with Gasteiger partial charge in [-0.1, -0.05) is 43.3 Å². The Morgan fingerprint density at radius 1 is 1.03 bits per heavy atom. The number of carbonyl (C=O) groups excluding carboxylic acids is 1. The minimum absolute atomic E-state index is 0.0794. The Morgan fingerprint density at radius 2 is 1.86 bits per heavy atom. The molecule has 2 nitrogen and oxygen atoms in total. The van der Waals surface area contributed by atoms with Gasteiger partial charge in [0.15, 0.2) is 0 Å². The first-order valence-electron chi connectivity index (χ1n) is 11.5. The van der Waals surface area contributed by atoms with Crippen LogP contribution in [0.3, 0.4) is 0 Å². The standard InChI is InChI=1S/C27H32O2/c1-27-15-14-21-22(24(27)8-5-9-26(27)29)13-12-19-17-25(28)20(16-23(19)21)11-10-18-6-3-2-4-7-18/h2-4,6-7,16-17,21-22,24,28H,5,8-15H2,1H3/t21-,22+,24-,27-/m0/s1. The molecule has 1 N–H and O–H groups in total. The van der Waals surface area contributed by atoms with E-state index in [0.717, 1.165) is 50.5 Å². The highest BCUT2D eigenvalue weighted by Gasteiger charge is 2.52. The molecule has 2 aromatic carbocycles. The van der Waals surface area contributed by atoms with E-state index in [2.05, 4.69) is 37.3 Å². The summed E-state index contributed by atoms with van der Waals surface area (Å²) in [6.07, 6.45) is 9.30. The minimum atomic E-state index is -0.0794. The van der Waals surface area contributed by atoms with Crippen LogP contribution in [0, 0.1) is 17.3 Å². The fraction of sp³-hybridized carbons (Fsp3) is 0.519. The van der Waals surface area contributed by atoms with Crippen molar-refractivity contribution in [3.05, 3.63) is 64.7 Å². The summed E-state index contributed by atoms with van der Waals surface area (Å²) in [4.78, 5) is 12.8. The van der Waals surface area contributed by atoms with Crippen LogP contribution in [0.25, 0.3) is 0 Å². The molecule has 29 heavy (non-hydrogen) atoms. The van der Waals surface area contributed by atoms with E-state index in [1.807, 2.05) is 12.1 Å². The maximum absolute atomic E-state index is 12.8. The molecule has 0 aliphatic heterocycles. The predicted octanol–water partition coefficient (Wildman–Crippen LogP) is 5.99. The molecule has 5 rings (SSSR count). The number of carbonyl (C=O) groups is 1. The number of fused-ring (bicyclic) bond motifs is 5. The molecule has 0 radical (unpaired) electrons. The van der Waals surface area contributed by atoms with Gasteiger partial charge in [0.1, 0.15) is 11.5 Å². The molecule has 0 unspecified atom stereocenters. The predicted molar refractivity (Wildman–Crippen MR) is 116 cm³/mol. The Bertz CT molecular complexity index is 916. The van der Waals surface area contributed by atoms with Crippen LogP contribution in [0.2, 0.25) is 0 Å². The van der Waals surface area contributed by atoms with Gasteiger partial charge < -0.3 is 5.11 Å². The Morgan fingerprint density at radius 3 is 2.69 bits per heavy atom. The average molecular weight is 389 g/mol. The van der Waals surface area contributed by atoms with Crippen LogP contribution in [0.5, 0.6) is 5.75 Å². The van der Waals surface area contributed by atoms with Gasteiger partial charge in [0.2, 0.25) is 0 Å². The fourth-order valence-electron chi connectivity index (χ4n) is 6.75. The number of aromatic hydroxyl groups is 1. The third-order valence-corrected chi connectivity index (χ3v) is 8.40. The molecule has 152 valence electrons. The van der Waals surface area contributed by atoms with E-state index in [4.69, 9.17) is 0 Å². The summed E-state index contributed by atoms with van der Waals surface area (Å²) in [6, 6.07) is 14.9. The van der Waals surface area contributed by atoms with E-state index in [0.29, 0.717) is 29.3 Å². The van der Waals surface area contributed by atoms with Gasteiger partial charge in [0, 0.05) is 11.8 Å². The third-order valence-electron chi connectivity index (χ3n) is 8.40. The van der Waals surface area contributed by atoms with Crippen molar-refractivity contribution in [2.24, 2.45) is 17.3 Å². The van der Waals surface area contributed by atoms with Gasteiger partial charge in [-0.2, -0.15) is 0 Å². The van der Waals surface area contributed by atoms with Crippen LogP contribution in [-0.2, 0) is 24.1 Å². The second kappa shape index (κ2) is 7.31. The summed E-state index contributed by atoms with van der Waals surface area (Å²) in [5.74, 6) is 2.74. The zero-order valence-electron chi connectivity index (χ0n) is 17.5. The minimum Gasteiger partial charge on any atom is -0.508 e. The number of aryl methyl sites for hydroxylation is 3. The molecule has 2 saturated carbocycles. The van der Waals surface area contributed by atoms with Gasteiger partial charge >= 0.3 is 0 Å². The van der Waals surface area contributed by atoms with E-state index in [1.54, 1.807) is 0 Å². The summed E-state index contributed by atoms with van der Waals surface area (Å²) in [7, 11) is 0. The lowest BCUT2D eigenvalue weighted by atomic mass is 9.50. The lowest BCUT2D eigenvalue weighted by molar-refractivity contribution is -0.140. The highest BCUT2D eigenvalue weighted by molar-refractivity contribution is 5.85. The van der Waals surface area contributed by atoms with Gasteiger partial charge in [-0.15, -0.1) is 0 Å². The van der Waals surface area contributed by atoms with E-state index in [-0.39, 0.29) is 5.41 Å². The van der Waals surface area contributed by atoms with E-state index in [1.165, 1.54) is 29.5 Å². The van der Waals surface area contributed by atoms with Crippen LogP contribution < -0.4 is 0 Å². The summed E-state index contributed by atoms with van der Waals surface area (Å²) in [5, 5.41) is 10.7. The van der Waals surface area contributed by atoms with Crippen LogP contribution in [-0.4, -0.2) is 10.9 Å². The first-order chi connectivity index (χ1) is 14.1. The molecular formula is C27H32O2. The van der Waals surface area contributed by atoms with Crippen molar-refractivity contribution in [3.63, 3.8) is 0 Å². The van der Waals surface area contributed by atoms with E-state index in [9.17, 15) is 9.90 Å². The highest BCUT2D eigenvalue weighted by atomic mass is 16.3. The highest BCUT2D eigenvalue weighted by Crippen LogP contribution is 2.58. The number of benzene rings is 2. The first kappa shape index (κ1) is 18.9. The average Bonchev–Trinajstić information content (AvgIpc) is 2.73. The molecule has 4 atom stereocenters. The molecule has 0 amide bonds. The second-order valence-electron chi connectivity index (χ2n) is 9.85. The zero-order chi connectivity index (χ0) is 20.0. The zero-order valence-corrected chi connectivity index (χ0v) is 17.5. The Labute approximate surface area is 174 Å². The van der Waals surface area contributed by atoms with Crippen LogP contribution >= 0.6 is 0 Å². The quantitative estimate of drug-likeness (QED) is 0.701. The normalized spacial score (nSPS) is 30.9. The number of Topliss-reactive ketones (excluding diaryl/α,β-unsaturated/α-hetero) is 1. The van der Waals surface area contributed by atoms with Gasteiger partial charge in [-0.25, -0.2) is 0 Å². The molecule has 0 saturated heterocycles. The second-order valence-corrected chi connectivity index (χ2v) is 9.85. The van der Waals surface area contributed by atoms with Crippen LogP contribution in [0.1, 0.15) is 73.6 Å². The number of phenols is 1. The van der Waals surface area contributed by atoms with Crippen LogP contribution in [0.4, 0.5) is 0 Å². The molecule has 3 aliphatic rings. The van der Waals surface area contributed by atoms with Crippen molar-refractivity contribution in [2.45, 2.75) is 70.6 Å². The number of hydrogen-bond acceptors (Lipinski definition) is 2. The number of ketones is 1. The molecular weight excluding hydrogens is 356 g/mol. The first-order valence-corrected chi connectivity index (χ1v) is 11.5. The smallest absolute Gasteiger partial charge is 0.139 e. The summed E-state index contributed by atoms with van der Waals surface area (Å²) < 4.78 is 0.